The zero-order valence-corrected chi connectivity index (χ0v) is 10.7. The lowest BCUT2D eigenvalue weighted by molar-refractivity contribution is 0.112. The van der Waals surface area contributed by atoms with E-state index in [0.717, 1.165) is 12.7 Å². The number of ether oxygens (including phenoxy) is 2. The lowest BCUT2D eigenvalue weighted by atomic mass is 10.3. The molecule has 19 heavy (non-hydrogen) atoms. The fourth-order valence-electron chi connectivity index (χ4n) is 1.50. The molecule has 0 N–H and O–H groups in total. The van der Waals surface area contributed by atoms with E-state index in [1.54, 1.807) is 12.1 Å². The SMILES string of the molecule is CCCOc1ccccc1Oc1ccc(C=O)cn1. The number of nitrogens with zero attached hydrogens (tertiary/aromatic N) is 1. The second kappa shape index (κ2) is 6.54. The highest BCUT2D eigenvalue weighted by Crippen LogP contribution is 2.30. The zero-order chi connectivity index (χ0) is 13.5. The topological polar surface area (TPSA) is 48.4 Å². The van der Waals surface area contributed by atoms with Crippen LogP contribution >= 0.6 is 0 Å². The van der Waals surface area contributed by atoms with Gasteiger partial charge < -0.3 is 9.47 Å². The third-order valence-corrected chi connectivity index (χ3v) is 2.42. The van der Waals surface area contributed by atoms with Crippen molar-refractivity contribution >= 4 is 6.29 Å². The van der Waals surface area contributed by atoms with E-state index in [9.17, 15) is 4.79 Å². The molecule has 0 unspecified atom stereocenters. The molecule has 0 saturated carbocycles. The number of aromatic nitrogens is 1. The molecule has 0 spiro atoms. The molecule has 0 amide bonds. The minimum Gasteiger partial charge on any atom is -0.490 e. The van der Waals surface area contributed by atoms with Crippen LogP contribution in [0.25, 0.3) is 0 Å². The first-order chi connectivity index (χ1) is 9.33. The van der Waals surface area contributed by atoms with E-state index in [2.05, 4.69) is 4.98 Å². The molecule has 0 aliphatic carbocycles. The molecule has 0 radical (unpaired) electrons. The summed E-state index contributed by atoms with van der Waals surface area (Å²) in [4.78, 5) is 14.6. The van der Waals surface area contributed by atoms with Crippen LogP contribution in [0, 0.1) is 0 Å². The van der Waals surface area contributed by atoms with E-state index < -0.39 is 0 Å². The van der Waals surface area contributed by atoms with Crippen LogP contribution in [-0.4, -0.2) is 17.9 Å². The summed E-state index contributed by atoms with van der Waals surface area (Å²) in [5.41, 5.74) is 0.517. The molecule has 0 saturated heterocycles. The predicted molar refractivity (Wildman–Crippen MR) is 71.9 cm³/mol. The van der Waals surface area contributed by atoms with Crippen LogP contribution in [0.5, 0.6) is 17.4 Å². The molecule has 4 heteroatoms. The molecule has 1 aromatic carbocycles. The molecule has 2 aromatic rings. The van der Waals surface area contributed by atoms with E-state index in [-0.39, 0.29) is 0 Å². The second-order valence-electron chi connectivity index (χ2n) is 3.94. The van der Waals surface area contributed by atoms with E-state index in [4.69, 9.17) is 9.47 Å². The molecule has 1 aromatic heterocycles. The van der Waals surface area contributed by atoms with Gasteiger partial charge in [0.2, 0.25) is 5.88 Å². The summed E-state index contributed by atoms with van der Waals surface area (Å²) in [7, 11) is 0. The Hall–Kier alpha value is -2.36. The molecule has 0 aliphatic heterocycles. The number of hydrogen-bond donors (Lipinski definition) is 0. The van der Waals surface area contributed by atoms with Crippen molar-refractivity contribution in [3.63, 3.8) is 0 Å². The molecule has 4 nitrogen and oxygen atoms in total. The maximum absolute atomic E-state index is 10.5. The van der Waals surface area contributed by atoms with E-state index in [0.29, 0.717) is 29.5 Å². The number of hydrogen-bond acceptors (Lipinski definition) is 4. The summed E-state index contributed by atoms with van der Waals surface area (Å²) in [5.74, 6) is 1.73. The van der Waals surface area contributed by atoms with Crippen molar-refractivity contribution in [1.29, 1.82) is 0 Å². The Labute approximate surface area is 112 Å². The minimum absolute atomic E-state index is 0.429. The fraction of sp³-hybridized carbons (Fsp3) is 0.200. The highest BCUT2D eigenvalue weighted by molar-refractivity contribution is 5.74. The second-order valence-corrected chi connectivity index (χ2v) is 3.94. The summed E-state index contributed by atoms with van der Waals surface area (Å²) >= 11 is 0. The van der Waals surface area contributed by atoms with Gasteiger partial charge in [-0.1, -0.05) is 19.1 Å². The smallest absolute Gasteiger partial charge is 0.219 e. The van der Waals surface area contributed by atoms with Crippen molar-refractivity contribution in [2.45, 2.75) is 13.3 Å². The number of carbonyl (C=O) groups is 1. The first-order valence-corrected chi connectivity index (χ1v) is 6.14. The molecule has 0 atom stereocenters. The van der Waals surface area contributed by atoms with Crippen LogP contribution in [0.4, 0.5) is 0 Å². The summed E-state index contributed by atoms with van der Waals surface area (Å²) in [6, 6.07) is 10.7. The van der Waals surface area contributed by atoms with Crippen molar-refractivity contribution in [2.24, 2.45) is 0 Å². The van der Waals surface area contributed by atoms with Gasteiger partial charge in [0.05, 0.1) is 6.61 Å². The Morgan fingerprint density at radius 2 is 1.95 bits per heavy atom. The highest BCUT2D eigenvalue weighted by atomic mass is 16.5. The third kappa shape index (κ3) is 3.55. The molecular formula is C15H15NO3. The molecule has 98 valence electrons. The Kier molecular flexibility index (Phi) is 4.50. The Balaban J connectivity index is 2.14. The quantitative estimate of drug-likeness (QED) is 0.743. The maximum atomic E-state index is 10.5. The monoisotopic (exact) mass is 257 g/mol. The van der Waals surface area contributed by atoms with Gasteiger partial charge in [-0.2, -0.15) is 0 Å². The standard InChI is InChI=1S/C15H15NO3/c1-2-9-18-13-5-3-4-6-14(13)19-15-8-7-12(11-17)10-16-15/h3-8,10-11H,2,9H2,1H3. The van der Waals surface area contributed by atoms with Crippen molar-refractivity contribution in [1.82, 2.24) is 4.98 Å². The average molecular weight is 257 g/mol. The maximum Gasteiger partial charge on any atom is 0.219 e. The van der Waals surface area contributed by atoms with Crippen molar-refractivity contribution < 1.29 is 14.3 Å². The molecule has 0 bridgehead atoms. The molecule has 0 fully saturated rings. The predicted octanol–water partition coefficient (Wildman–Crippen LogP) is 3.48. The van der Waals surface area contributed by atoms with E-state index in [1.165, 1.54) is 6.20 Å². The van der Waals surface area contributed by atoms with Crippen LogP contribution in [0.1, 0.15) is 23.7 Å². The number of pyridine rings is 1. The lowest BCUT2D eigenvalue weighted by Crippen LogP contribution is -1.97. The average Bonchev–Trinajstić information content (AvgIpc) is 2.47. The fourth-order valence-corrected chi connectivity index (χ4v) is 1.50. The Bertz CT molecular complexity index is 537. The van der Waals surface area contributed by atoms with Gasteiger partial charge in [0, 0.05) is 17.8 Å². The van der Waals surface area contributed by atoms with Gasteiger partial charge in [0.1, 0.15) is 0 Å². The summed E-state index contributed by atoms with van der Waals surface area (Å²) in [6.45, 7) is 2.68. The molecule has 0 aliphatic rings. The largest absolute Gasteiger partial charge is 0.490 e. The van der Waals surface area contributed by atoms with Crippen LogP contribution in [0.3, 0.4) is 0 Å². The van der Waals surface area contributed by atoms with E-state index >= 15 is 0 Å². The normalized spacial score (nSPS) is 9.95. The van der Waals surface area contributed by atoms with Gasteiger partial charge in [-0.3, -0.25) is 4.79 Å². The van der Waals surface area contributed by atoms with Gasteiger partial charge in [-0.15, -0.1) is 0 Å². The van der Waals surface area contributed by atoms with Crippen molar-refractivity contribution in [3.8, 4) is 17.4 Å². The first-order valence-electron chi connectivity index (χ1n) is 6.14. The van der Waals surface area contributed by atoms with Gasteiger partial charge >= 0.3 is 0 Å². The van der Waals surface area contributed by atoms with Gasteiger partial charge in [-0.05, 0) is 24.6 Å². The third-order valence-electron chi connectivity index (χ3n) is 2.42. The number of benzene rings is 1. The highest BCUT2D eigenvalue weighted by Gasteiger charge is 2.06. The molecular weight excluding hydrogens is 242 g/mol. The minimum atomic E-state index is 0.429. The number of aldehydes is 1. The number of carbonyl (C=O) groups excluding carboxylic acids is 1. The Morgan fingerprint density at radius 1 is 1.16 bits per heavy atom. The lowest BCUT2D eigenvalue weighted by Gasteiger charge is -2.11. The van der Waals surface area contributed by atoms with Crippen LogP contribution in [0.2, 0.25) is 0 Å². The summed E-state index contributed by atoms with van der Waals surface area (Å²) in [6.07, 6.45) is 3.15. The molecule has 2 rings (SSSR count). The van der Waals surface area contributed by atoms with Crippen molar-refractivity contribution in [3.05, 3.63) is 48.2 Å². The summed E-state index contributed by atoms with van der Waals surface area (Å²) < 4.78 is 11.2. The Morgan fingerprint density at radius 3 is 2.58 bits per heavy atom. The van der Waals surface area contributed by atoms with E-state index in [1.807, 2.05) is 31.2 Å². The van der Waals surface area contributed by atoms with Gasteiger partial charge in [0.15, 0.2) is 17.8 Å². The van der Waals surface area contributed by atoms with Crippen LogP contribution in [0.15, 0.2) is 42.6 Å². The van der Waals surface area contributed by atoms with Crippen molar-refractivity contribution in [2.75, 3.05) is 6.61 Å². The van der Waals surface area contributed by atoms with Gasteiger partial charge in [0.25, 0.3) is 0 Å². The van der Waals surface area contributed by atoms with Gasteiger partial charge in [-0.25, -0.2) is 4.98 Å². The van der Waals surface area contributed by atoms with Crippen LogP contribution < -0.4 is 9.47 Å². The number of para-hydroxylation sites is 2. The first kappa shape index (κ1) is 13.1. The van der Waals surface area contributed by atoms with Crippen LogP contribution in [-0.2, 0) is 0 Å². The number of rotatable bonds is 6. The zero-order valence-electron chi connectivity index (χ0n) is 10.7. The summed E-state index contributed by atoms with van der Waals surface area (Å²) in [5, 5.41) is 0. The molecule has 1 heterocycles.